The van der Waals surface area contributed by atoms with Crippen molar-refractivity contribution < 1.29 is 19.1 Å². The largest absolute Gasteiger partial charge is 0.492 e. The third kappa shape index (κ3) is 5.66. The third-order valence-corrected chi connectivity index (χ3v) is 5.10. The molecule has 1 atom stereocenters. The highest BCUT2D eigenvalue weighted by Crippen LogP contribution is 2.24. The lowest BCUT2D eigenvalue weighted by atomic mass is 10.1. The van der Waals surface area contributed by atoms with Crippen LogP contribution in [0, 0.1) is 13.8 Å². The average Bonchev–Trinajstić information content (AvgIpc) is 2.78. The van der Waals surface area contributed by atoms with Gasteiger partial charge in [-0.2, -0.15) is 0 Å². The van der Waals surface area contributed by atoms with Gasteiger partial charge in [0, 0.05) is 11.3 Å². The van der Waals surface area contributed by atoms with E-state index in [1.807, 2.05) is 51.1 Å². The minimum atomic E-state index is -0.737. The number of hydrogen-bond acceptors (Lipinski definition) is 4. The number of amides is 2. The van der Waals surface area contributed by atoms with E-state index >= 15 is 0 Å². The Morgan fingerprint density at radius 3 is 2.28 bits per heavy atom. The van der Waals surface area contributed by atoms with E-state index in [1.165, 1.54) is 0 Å². The van der Waals surface area contributed by atoms with E-state index in [0.29, 0.717) is 29.4 Å². The first-order valence-electron chi connectivity index (χ1n) is 10.6. The molecule has 2 amide bonds. The molecule has 2 N–H and O–H groups in total. The number of nitrogens with one attached hydrogen (secondary N) is 2. The number of rotatable bonds is 8. The molecule has 3 aromatic rings. The van der Waals surface area contributed by atoms with Crippen molar-refractivity contribution in [3.8, 4) is 11.5 Å². The first kappa shape index (κ1) is 22.9. The maximum absolute atomic E-state index is 12.6. The van der Waals surface area contributed by atoms with Crippen molar-refractivity contribution >= 4 is 23.2 Å². The molecule has 0 saturated carbocycles. The molecule has 6 nitrogen and oxygen atoms in total. The number of aryl methyl sites for hydroxylation is 1. The molecule has 1 unspecified atom stereocenters. The van der Waals surface area contributed by atoms with Crippen LogP contribution in [0.1, 0.15) is 35.3 Å². The van der Waals surface area contributed by atoms with Crippen LogP contribution in [-0.2, 0) is 4.79 Å². The predicted molar refractivity (Wildman–Crippen MR) is 127 cm³/mol. The second-order valence-corrected chi connectivity index (χ2v) is 7.40. The van der Waals surface area contributed by atoms with Gasteiger partial charge in [0.1, 0.15) is 11.5 Å². The normalized spacial score (nSPS) is 11.4. The maximum Gasteiger partial charge on any atom is 0.265 e. The molecule has 0 heterocycles. The zero-order valence-electron chi connectivity index (χ0n) is 18.8. The van der Waals surface area contributed by atoms with E-state index in [-0.39, 0.29) is 11.8 Å². The average molecular weight is 433 g/mol. The van der Waals surface area contributed by atoms with Crippen LogP contribution in [0.3, 0.4) is 0 Å². The molecule has 3 rings (SSSR count). The van der Waals surface area contributed by atoms with Gasteiger partial charge in [-0.25, -0.2) is 0 Å². The van der Waals surface area contributed by atoms with Gasteiger partial charge >= 0.3 is 0 Å². The number of para-hydroxylation sites is 2. The van der Waals surface area contributed by atoms with Gasteiger partial charge in [-0.15, -0.1) is 0 Å². The molecule has 0 spiro atoms. The highest BCUT2D eigenvalue weighted by atomic mass is 16.5. The Morgan fingerprint density at radius 2 is 1.56 bits per heavy atom. The van der Waals surface area contributed by atoms with Crippen LogP contribution in [0.25, 0.3) is 0 Å². The number of hydrogen-bond donors (Lipinski definition) is 2. The molecule has 0 aliphatic heterocycles. The van der Waals surface area contributed by atoms with Crippen molar-refractivity contribution in [1.29, 1.82) is 0 Å². The highest BCUT2D eigenvalue weighted by Gasteiger charge is 2.17. The van der Waals surface area contributed by atoms with Gasteiger partial charge in [0.25, 0.3) is 11.8 Å². The molecule has 166 valence electrons. The van der Waals surface area contributed by atoms with Crippen LogP contribution in [0.5, 0.6) is 11.5 Å². The number of benzene rings is 3. The Hall–Kier alpha value is -3.80. The summed E-state index contributed by atoms with van der Waals surface area (Å²) in [6.07, 6.45) is -0.737. The van der Waals surface area contributed by atoms with Gasteiger partial charge < -0.3 is 20.1 Å². The Balaban J connectivity index is 1.60. The van der Waals surface area contributed by atoms with E-state index < -0.39 is 6.10 Å². The fourth-order valence-corrected chi connectivity index (χ4v) is 3.11. The summed E-state index contributed by atoms with van der Waals surface area (Å²) in [6.45, 7) is 8.03. The van der Waals surface area contributed by atoms with Gasteiger partial charge in [-0.05, 0) is 81.3 Å². The van der Waals surface area contributed by atoms with E-state index in [9.17, 15) is 9.59 Å². The molecule has 0 aliphatic carbocycles. The van der Waals surface area contributed by atoms with Crippen molar-refractivity contribution in [3.63, 3.8) is 0 Å². The summed E-state index contributed by atoms with van der Waals surface area (Å²) in [4.78, 5) is 25.1. The van der Waals surface area contributed by atoms with Crippen molar-refractivity contribution in [1.82, 2.24) is 0 Å². The van der Waals surface area contributed by atoms with Crippen LogP contribution in [0.15, 0.2) is 66.7 Å². The van der Waals surface area contributed by atoms with Crippen molar-refractivity contribution in [2.24, 2.45) is 0 Å². The van der Waals surface area contributed by atoms with E-state index in [0.717, 1.165) is 16.8 Å². The second kappa shape index (κ2) is 10.5. The standard InChI is InChI=1S/C26H28N2O4/c1-5-31-24-12-7-6-10-23(24)28-25(29)19(4)32-21-15-13-20(14-16-21)26(30)27-22-11-8-9-17(2)18(22)3/h6-16,19H,5H2,1-4H3,(H,27,30)(H,28,29). The molecule has 0 bridgehead atoms. The van der Waals surface area contributed by atoms with Crippen LogP contribution in [0.2, 0.25) is 0 Å². The fraction of sp³-hybridized carbons (Fsp3) is 0.231. The van der Waals surface area contributed by atoms with Gasteiger partial charge in [0.2, 0.25) is 0 Å². The first-order valence-corrected chi connectivity index (χ1v) is 10.6. The quantitative estimate of drug-likeness (QED) is 0.502. The van der Waals surface area contributed by atoms with Crippen LogP contribution in [-0.4, -0.2) is 24.5 Å². The molecule has 0 fully saturated rings. The molecule has 0 radical (unpaired) electrons. The zero-order chi connectivity index (χ0) is 23.1. The molecule has 32 heavy (non-hydrogen) atoms. The summed E-state index contributed by atoms with van der Waals surface area (Å²) >= 11 is 0. The minimum Gasteiger partial charge on any atom is -0.492 e. The first-order chi connectivity index (χ1) is 15.4. The SMILES string of the molecule is CCOc1ccccc1NC(=O)C(C)Oc1ccc(C(=O)Nc2cccc(C)c2C)cc1. The second-order valence-electron chi connectivity index (χ2n) is 7.40. The van der Waals surface area contributed by atoms with Crippen LogP contribution < -0.4 is 20.1 Å². The van der Waals surface area contributed by atoms with Crippen molar-refractivity contribution in [3.05, 3.63) is 83.4 Å². The van der Waals surface area contributed by atoms with Crippen molar-refractivity contribution in [2.75, 3.05) is 17.2 Å². The molecular formula is C26H28N2O4. The number of carbonyl (C=O) groups excluding carboxylic acids is 2. The van der Waals surface area contributed by atoms with Crippen LogP contribution in [0.4, 0.5) is 11.4 Å². The lowest BCUT2D eigenvalue weighted by Gasteiger charge is -2.17. The molecular weight excluding hydrogens is 404 g/mol. The Kier molecular flexibility index (Phi) is 7.49. The topological polar surface area (TPSA) is 76.7 Å². The van der Waals surface area contributed by atoms with Crippen molar-refractivity contribution in [2.45, 2.75) is 33.8 Å². The minimum absolute atomic E-state index is 0.205. The summed E-state index contributed by atoms with van der Waals surface area (Å²) in [5, 5.41) is 5.76. The van der Waals surface area contributed by atoms with E-state index in [2.05, 4.69) is 10.6 Å². The fourth-order valence-electron chi connectivity index (χ4n) is 3.11. The monoisotopic (exact) mass is 432 g/mol. The number of anilines is 2. The summed E-state index contributed by atoms with van der Waals surface area (Å²) in [7, 11) is 0. The maximum atomic E-state index is 12.6. The number of ether oxygens (including phenoxy) is 2. The van der Waals surface area contributed by atoms with Gasteiger partial charge in [-0.1, -0.05) is 24.3 Å². The van der Waals surface area contributed by atoms with Gasteiger partial charge in [0.05, 0.1) is 12.3 Å². The molecule has 0 saturated heterocycles. The smallest absolute Gasteiger partial charge is 0.265 e. The Labute approximate surface area is 188 Å². The van der Waals surface area contributed by atoms with E-state index in [4.69, 9.17) is 9.47 Å². The number of carbonyl (C=O) groups is 2. The van der Waals surface area contributed by atoms with Gasteiger partial charge in [0.15, 0.2) is 6.10 Å². The Morgan fingerprint density at radius 1 is 0.875 bits per heavy atom. The summed E-state index contributed by atoms with van der Waals surface area (Å²) in [5.74, 6) is 0.598. The molecule has 3 aromatic carbocycles. The zero-order valence-corrected chi connectivity index (χ0v) is 18.8. The predicted octanol–water partition coefficient (Wildman–Crippen LogP) is 5.36. The van der Waals surface area contributed by atoms with Crippen LogP contribution >= 0.6 is 0 Å². The highest BCUT2D eigenvalue weighted by molar-refractivity contribution is 6.04. The molecule has 6 heteroatoms. The molecule has 0 aromatic heterocycles. The summed E-state index contributed by atoms with van der Waals surface area (Å²) in [5.41, 5.74) is 4.02. The lowest BCUT2D eigenvalue weighted by molar-refractivity contribution is -0.122. The summed E-state index contributed by atoms with van der Waals surface area (Å²) in [6, 6.07) is 19.7. The molecule has 0 aliphatic rings. The Bertz CT molecular complexity index is 1090. The summed E-state index contributed by atoms with van der Waals surface area (Å²) < 4.78 is 11.3. The van der Waals surface area contributed by atoms with Gasteiger partial charge in [-0.3, -0.25) is 9.59 Å². The lowest BCUT2D eigenvalue weighted by Crippen LogP contribution is -2.30. The van der Waals surface area contributed by atoms with E-state index in [1.54, 1.807) is 43.3 Å². The third-order valence-electron chi connectivity index (χ3n) is 5.10.